The van der Waals surface area contributed by atoms with Crippen LogP contribution in [-0.4, -0.2) is 37.2 Å². The predicted octanol–water partition coefficient (Wildman–Crippen LogP) is -1.16. The van der Waals surface area contributed by atoms with Gasteiger partial charge in [0, 0.05) is 5.75 Å². The van der Waals surface area contributed by atoms with Gasteiger partial charge in [-0.3, -0.25) is 4.79 Å². The smallest absolute Gasteiger partial charge is 0.324 e. The standard InChI is InChI=1S/C6H11NO2S/c1-9-6(8)5-4-7-2-3-10-5/h5,7H,2-4H2,1H3/p+1/t5-/m1/s1. The second kappa shape index (κ2) is 3.83. The van der Waals surface area contributed by atoms with Gasteiger partial charge in [-0.2, -0.15) is 0 Å². The summed E-state index contributed by atoms with van der Waals surface area (Å²) >= 11 is 1.69. The average Bonchev–Trinajstić information content (AvgIpc) is 2.05. The molecule has 0 amide bonds. The minimum atomic E-state index is -0.0825. The Bertz CT molecular complexity index is 123. The van der Waals surface area contributed by atoms with Crippen molar-refractivity contribution in [3.8, 4) is 0 Å². The second-order valence-corrected chi connectivity index (χ2v) is 3.51. The van der Waals surface area contributed by atoms with Crippen molar-refractivity contribution >= 4 is 17.7 Å². The Morgan fingerprint density at radius 1 is 1.80 bits per heavy atom. The van der Waals surface area contributed by atoms with Gasteiger partial charge in [-0.15, -0.1) is 11.8 Å². The molecule has 0 aromatic carbocycles. The molecule has 0 aromatic heterocycles. The van der Waals surface area contributed by atoms with Crippen LogP contribution in [-0.2, 0) is 9.53 Å². The molecular weight excluding hydrogens is 150 g/mol. The summed E-state index contributed by atoms with van der Waals surface area (Å²) in [4.78, 5) is 10.9. The number of methoxy groups -OCH3 is 1. The number of carbonyl (C=O) groups is 1. The van der Waals surface area contributed by atoms with E-state index in [2.05, 4.69) is 10.1 Å². The van der Waals surface area contributed by atoms with Gasteiger partial charge in [0.15, 0.2) is 5.25 Å². The molecule has 0 aromatic rings. The number of nitrogens with two attached hydrogens (primary N) is 1. The van der Waals surface area contributed by atoms with Gasteiger partial charge in [-0.1, -0.05) is 0 Å². The molecule has 1 fully saturated rings. The Balaban J connectivity index is 2.31. The molecule has 3 nitrogen and oxygen atoms in total. The van der Waals surface area contributed by atoms with Gasteiger partial charge in [0.1, 0.15) is 0 Å². The Morgan fingerprint density at radius 2 is 2.60 bits per heavy atom. The van der Waals surface area contributed by atoms with Crippen molar-refractivity contribution in [2.24, 2.45) is 0 Å². The highest BCUT2D eigenvalue weighted by Gasteiger charge is 2.24. The molecule has 2 N–H and O–H groups in total. The second-order valence-electron chi connectivity index (χ2n) is 2.20. The van der Waals surface area contributed by atoms with E-state index in [0.29, 0.717) is 0 Å². The molecular formula is C6H12NO2S+. The lowest BCUT2D eigenvalue weighted by atomic mass is 10.4. The molecule has 0 saturated carbocycles. The van der Waals surface area contributed by atoms with E-state index < -0.39 is 0 Å². The van der Waals surface area contributed by atoms with Gasteiger partial charge >= 0.3 is 5.97 Å². The van der Waals surface area contributed by atoms with E-state index in [-0.39, 0.29) is 11.2 Å². The third-order valence-corrected chi connectivity index (χ3v) is 2.74. The van der Waals surface area contributed by atoms with Gasteiger partial charge in [-0.05, 0) is 0 Å². The highest BCUT2D eigenvalue weighted by Crippen LogP contribution is 2.11. The molecule has 10 heavy (non-hydrogen) atoms. The molecule has 1 aliphatic heterocycles. The van der Waals surface area contributed by atoms with Crippen LogP contribution in [0.4, 0.5) is 0 Å². The number of carbonyl (C=O) groups excluding carboxylic acids is 1. The Hall–Kier alpha value is -0.220. The number of rotatable bonds is 1. The maximum Gasteiger partial charge on any atom is 0.324 e. The molecule has 0 spiro atoms. The van der Waals surface area contributed by atoms with Crippen molar-refractivity contribution in [3.05, 3.63) is 0 Å². The van der Waals surface area contributed by atoms with E-state index >= 15 is 0 Å². The van der Waals surface area contributed by atoms with Crippen molar-refractivity contribution in [1.82, 2.24) is 0 Å². The number of hydrogen-bond donors (Lipinski definition) is 1. The molecule has 1 aliphatic rings. The van der Waals surface area contributed by atoms with E-state index in [9.17, 15) is 4.79 Å². The highest BCUT2D eigenvalue weighted by molar-refractivity contribution is 8.00. The van der Waals surface area contributed by atoms with Crippen LogP contribution >= 0.6 is 11.8 Å². The number of ether oxygens (including phenoxy) is 1. The van der Waals surface area contributed by atoms with Crippen LogP contribution in [0.5, 0.6) is 0 Å². The minimum Gasteiger partial charge on any atom is -0.468 e. The Kier molecular flexibility index (Phi) is 3.02. The largest absolute Gasteiger partial charge is 0.468 e. The lowest BCUT2D eigenvalue weighted by Gasteiger charge is -2.16. The van der Waals surface area contributed by atoms with E-state index in [4.69, 9.17) is 0 Å². The third kappa shape index (κ3) is 1.88. The van der Waals surface area contributed by atoms with E-state index in [0.717, 1.165) is 18.8 Å². The summed E-state index contributed by atoms with van der Waals surface area (Å²) in [6.07, 6.45) is 0. The van der Waals surface area contributed by atoms with Crippen LogP contribution < -0.4 is 5.32 Å². The van der Waals surface area contributed by atoms with Gasteiger partial charge < -0.3 is 10.1 Å². The molecule has 58 valence electrons. The zero-order valence-corrected chi connectivity index (χ0v) is 6.82. The van der Waals surface area contributed by atoms with Gasteiger partial charge in [0.2, 0.25) is 0 Å². The molecule has 1 atom stereocenters. The molecule has 4 heteroatoms. The summed E-state index contributed by atoms with van der Waals surface area (Å²) in [5, 5.41) is 2.22. The van der Waals surface area contributed by atoms with E-state index in [1.54, 1.807) is 11.8 Å². The summed E-state index contributed by atoms with van der Waals surface area (Å²) in [6.45, 7) is 2.00. The van der Waals surface area contributed by atoms with Crippen LogP contribution in [0.15, 0.2) is 0 Å². The first-order valence-corrected chi connectivity index (χ1v) is 4.40. The first-order valence-electron chi connectivity index (χ1n) is 3.35. The van der Waals surface area contributed by atoms with E-state index in [1.165, 1.54) is 7.11 Å². The van der Waals surface area contributed by atoms with Crippen LogP contribution in [0.1, 0.15) is 0 Å². The topological polar surface area (TPSA) is 42.9 Å². The van der Waals surface area contributed by atoms with Crippen LogP contribution in [0.25, 0.3) is 0 Å². The van der Waals surface area contributed by atoms with Crippen LogP contribution in [0.2, 0.25) is 0 Å². The van der Waals surface area contributed by atoms with Crippen molar-refractivity contribution in [2.75, 3.05) is 26.0 Å². The van der Waals surface area contributed by atoms with Gasteiger partial charge in [0.25, 0.3) is 0 Å². The van der Waals surface area contributed by atoms with Crippen LogP contribution in [0.3, 0.4) is 0 Å². The van der Waals surface area contributed by atoms with Gasteiger partial charge in [-0.25, -0.2) is 0 Å². The van der Waals surface area contributed by atoms with Gasteiger partial charge in [0.05, 0.1) is 20.2 Å². The first kappa shape index (κ1) is 7.88. The molecule has 1 saturated heterocycles. The predicted molar refractivity (Wildman–Crippen MR) is 39.9 cm³/mol. The molecule has 0 aliphatic carbocycles. The number of thioether (sulfide) groups is 1. The molecule has 0 bridgehead atoms. The lowest BCUT2D eigenvalue weighted by molar-refractivity contribution is -0.650. The number of hydrogen-bond acceptors (Lipinski definition) is 3. The summed E-state index contributed by atoms with van der Waals surface area (Å²) in [5.41, 5.74) is 0. The Labute approximate surface area is 64.5 Å². The maximum absolute atomic E-state index is 10.9. The van der Waals surface area contributed by atoms with Crippen molar-refractivity contribution in [1.29, 1.82) is 0 Å². The lowest BCUT2D eigenvalue weighted by Crippen LogP contribution is -2.88. The zero-order chi connectivity index (χ0) is 7.40. The molecule has 1 heterocycles. The summed E-state index contributed by atoms with van der Waals surface area (Å²) in [7, 11) is 1.44. The normalized spacial score (nSPS) is 25.9. The highest BCUT2D eigenvalue weighted by atomic mass is 32.2. The fraction of sp³-hybridized carbons (Fsp3) is 0.833. The molecule has 1 rings (SSSR count). The van der Waals surface area contributed by atoms with Crippen molar-refractivity contribution in [3.63, 3.8) is 0 Å². The fourth-order valence-corrected chi connectivity index (χ4v) is 2.02. The zero-order valence-electron chi connectivity index (χ0n) is 6.00. The van der Waals surface area contributed by atoms with Crippen molar-refractivity contribution in [2.45, 2.75) is 5.25 Å². The Morgan fingerprint density at radius 3 is 3.10 bits per heavy atom. The fourth-order valence-electron chi connectivity index (χ4n) is 0.927. The average molecular weight is 162 g/mol. The third-order valence-electron chi connectivity index (χ3n) is 1.49. The maximum atomic E-state index is 10.9. The van der Waals surface area contributed by atoms with Crippen molar-refractivity contribution < 1.29 is 14.8 Å². The van der Waals surface area contributed by atoms with E-state index in [1.807, 2.05) is 0 Å². The summed E-state index contributed by atoms with van der Waals surface area (Å²) in [5.74, 6) is 0.973. The molecule has 0 unspecified atom stereocenters. The monoisotopic (exact) mass is 162 g/mol. The number of quaternary nitrogens is 1. The quantitative estimate of drug-likeness (QED) is 0.494. The van der Waals surface area contributed by atoms with Crippen LogP contribution in [0, 0.1) is 0 Å². The summed E-state index contributed by atoms with van der Waals surface area (Å²) < 4.78 is 4.61. The first-order chi connectivity index (χ1) is 4.84. The summed E-state index contributed by atoms with van der Waals surface area (Å²) in [6, 6.07) is 0. The molecule has 0 radical (unpaired) electrons. The minimum absolute atomic E-state index is 0.0683. The SMILES string of the molecule is COC(=O)[C@H]1C[NH2+]CCS1. The number of esters is 1.